The van der Waals surface area contributed by atoms with Gasteiger partial charge >= 0.3 is 0 Å². The number of aromatic nitrogens is 2. The summed E-state index contributed by atoms with van der Waals surface area (Å²) in [5, 5.41) is 0. The van der Waals surface area contributed by atoms with Crippen LogP contribution >= 0.6 is 12.2 Å². The van der Waals surface area contributed by atoms with Crippen molar-refractivity contribution in [3.05, 3.63) is 26.9 Å². The first-order chi connectivity index (χ1) is 6.15. The van der Waals surface area contributed by atoms with E-state index in [1.165, 1.54) is 0 Å². The second kappa shape index (κ2) is 4.34. The minimum atomic E-state index is -0.141. The second-order valence-electron chi connectivity index (χ2n) is 2.66. The molecule has 0 fully saturated rings. The fraction of sp³-hybridized carbons (Fsp3) is 0.500. The summed E-state index contributed by atoms with van der Waals surface area (Å²) in [4.78, 5) is 13.6. The first kappa shape index (κ1) is 10.1. The minimum absolute atomic E-state index is 0.141. The molecule has 0 aliphatic heterocycles. The van der Waals surface area contributed by atoms with Gasteiger partial charge in [0, 0.05) is 18.4 Å². The van der Waals surface area contributed by atoms with Crippen LogP contribution in [-0.4, -0.2) is 16.2 Å². The van der Waals surface area contributed by atoms with Crippen molar-refractivity contribution in [2.45, 2.75) is 20.6 Å². The van der Waals surface area contributed by atoms with Gasteiger partial charge in [-0.25, -0.2) is 0 Å². The van der Waals surface area contributed by atoms with Crippen LogP contribution in [-0.2, 0) is 11.5 Å². The summed E-state index contributed by atoms with van der Waals surface area (Å²) in [6.07, 6.45) is 1.69. The Labute approximate surface area is 81.2 Å². The van der Waals surface area contributed by atoms with Crippen LogP contribution in [0, 0.1) is 11.7 Å². The summed E-state index contributed by atoms with van der Waals surface area (Å²) in [5.41, 5.74) is 0.492. The van der Waals surface area contributed by atoms with Crippen molar-refractivity contribution < 1.29 is 4.74 Å². The lowest BCUT2D eigenvalue weighted by Gasteiger charge is -2.06. The molecule has 13 heavy (non-hydrogen) atoms. The molecule has 0 amide bonds. The van der Waals surface area contributed by atoms with Crippen LogP contribution in [0.4, 0.5) is 0 Å². The molecule has 72 valence electrons. The van der Waals surface area contributed by atoms with Gasteiger partial charge in [0.25, 0.3) is 5.56 Å². The van der Waals surface area contributed by atoms with Crippen molar-refractivity contribution in [2.75, 3.05) is 6.61 Å². The third-order valence-corrected chi connectivity index (χ3v) is 1.96. The zero-order valence-electron chi connectivity index (χ0n) is 7.66. The zero-order chi connectivity index (χ0) is 9.84. The van der Waals surface area contributed by atoms with Crippen LogP contribution in [0.15, 0.2) is 11.0 Å². The highest BCUT2D eigenvalue weighted by molar-refractivity contribution is 7.71. The van der Waals surface area contributed by atoms with E-state index in [9.17, 15) is 4.79 Å². The molecular weight excluding hydrogens is 188 g/mol. The molecule has 0 aromatic carbocycles. The largest absolute Gasteiger partial charge is 0.361 e. The number of ether oxygens (including phenoxy) is 1. The molecule has 0 saturated heterocycles. The lowest BCUT2D eigenvalue weighted by molar-refractivity contribution is 0.0855. The van der Waals surface area contributed by atoms with E-state index in [4.69, 9.17) is 17.0 Å². The molecule has 1 rings (SSSR count). The Kier molecular flexibility index (Phi) is 3.39. The maximum Gasteiger partial charge on any atom is 0.254 e. The molecule has 1 aromatic heterocycles. The second-order valence-corrected chi connectivity index (χ2v) is 3.05. The third-order valence-electron chi connectivity index (χ3n) is 1.62. The maximum absolute atomic E-state index is 11.1. The van der Waals surface area contributed by atoms with Crippen LogP contribution in [0.5, 0.6) is 0 Å². The molecule has 0 aliphatic rings. The summed E-state index contributed by atoms with van der Waals surface area (Å²) in [6, 6.07) is 0. The Morgan fingerprint density at radius 3 is 3.00 bits per heavy atom. The Hall–Kier alpha value is -0.940. The predicted octanol–water partition coefficient (Wildman–Crippen LogP) is 1.21. The van der Waals surface area contributed by atoms with Crippen LogP contribution < -0.4 is 5.56 Å². The van der Waals surface area contributed by atoms with Gasteiger partial charge in [0.1, 0.15) is 6.73 Å². The summed E-state index contributed by atoms with van der Waals surface area (Å²) < 4.78 is 7.25. The Morgan fingerprint density at radius 1 is 1.69 bits per heavy atom. The van der Waals surface area contributed by atoms with Gasteiger partial charge in [-0.15, -0.1) is 0 Å². The van der Waals surface area contributed by atoms with E-state index in [0.717, 1.165) is 0 Å². The van der Waals surface area contributed by atoms with Gasteiger partial charge < -0.3 is 9.30 Å². The van der Waals surface area contributed by atoms with Crippen molar-refractivity contribution in [3.8, 4) is 0 Å². The molecule has 0 bridgehead atoms. The molecule has 0 radical (unpaired) electrons. The van der Waals surface area contributed by atoms with E-state index in [0.29, 0.717) is 23.7 Å². The molecule has 0 atom stereocenters. The molecule has 5 heteroatoms. The number of hydrogen-bond acceptors (Lipinski definition) is 3. The number of H-pyrrole nitrogens is 1. The SMILES string of the molecule is CCOCn1cc(C)c(=O)[nH]c1=S. The van der Waals surface area contributed by atoms with Gasteiger partial charge in [0.15, 0.2) is 4.77 Å². The number of aromatic amines is 1. The molecule has 1 aromatic rings. The van der Waals surface area contributed by atoms with Crippen LogP contribution in [0.1, 0.15) is 12.5 Å². The van der Waals surface area contributed by atoms with Crippen LogP contribution in [0.2, 0.25) is 0 Å². The van der Waals surface area contributed by atoms with Gasteiger partial charge in [-0.05, 0) is 26.1 Å². The molecule has 0 unspecified atom stereocenters. The van der Waals surface area contributed by atoms with E-state index in [1.807, 2.05) is 6.92 Å². The first-order valence-corrected chi connectivity index (χ1v) is 4.44. The minimum Gasteiger partial charge on any atom is -0.361 e. The quantitative estimate of drug-likeness (QED) is 0.746. The van der Waals surface area contributed by atoms with Crippen molar-refractivity contribution in [1.29, 1.82) is 0 Å². The fourth-order valence-electron chi connectivity index (χ4n) is 0.904. The first-order valence-electron chi connectivity index (χ1n) is 4.03. The lowest BCUT2D eigenvalue weighted by Crippen LogP contribution is -2.16. The molecule has 0 saturated carbocycles. The zero-order valence-corrected chi connectivity index (χ0v) is 8.48. The topological polar surface area (TPSA) is 47.0 Å². The Morgan fingerprint density at radius 2 is 2.38 bits per heavy atom. The van der Waals surface area contributed by atoms with Gasteiger partial charge in [0.2, 0.25) is 0 Å². The van der Waals surface area contributed by atoms with Crippen LogP contribution in [0.25, 0.3) is 0 Å². The lowest BCUT2D eigenvalue weighted by atomic mass is 10.4. The molecular formula is C8H12N2O2S. The van der Waals surface area contributed by atoms with Crippen molar-refractivity contribution in [2.24, 2.45) is 0 Å². The number of nitrogens with zero attached hydrogens (tertiary/aromatic N) is 1. The van der Waals surface area contributed by atoms with Gasteiger partial charge in [-0.1, -0.05) is 0 Å². The highest BCUT2D eigenvalue weighted by atomic mass is 32.1. The van der Waals surface area contributed by atoms with Gasteiger partial charge in [-0.3, -0.25) is 9.78 Å². The maximum atomic E-state index is 11.1. The highest BCUT2D eigenvalue weighted by Crippen LogP contribution is 1.92. The summed E-state index contributed by atoms with van der Waals surface area (Å²) in [6.45, 7) is 4.64. The highest BCUT2D eigenvalue weighted by Gasteiger charge is 1.96. The van der Waals surface area contributed by atoms with Crippen molar-refractivity contribution in [3.63, 3.8) is 0 Å². The van der Waals surface area contributed by atoms with E-state index in [2.05, 4.69) is 4.98 Å². The monoisotopic (exact) mass is 200 g/mol. The Bertz CT molecular complexity index is 394. The molecule has 1 heterocycles. The third kappa shape index (κ3) is 2.50. The molecule has 4 nitrogen and oxygen atoms in total. The van der Waals surface area contributed by atoms with E-state index < -0.39 is 0 Å². The number of aryl methyl sites for hydroxylation is 1. The fourth-order valence-corrected chi connectivity index (χ4v) is 1.10. The number of rotatable bonds is 3. The smallest absolute Gasteiger partial charge is 0.254 e. The number of nitrogens with one attached hydrogen (secondary N) is 1. The summed E-state index contributed by atoms with van der Waals surface area (Å²) in [7, 11) is 0. The van der Waals surface area contributed by atoms with Gasteiger partial charge in [0.05, 0.1) is 0 Å². The summed E-state index contributed by atoms with van der Waals surface area (Å²) in [5.74, 6) is 0. The average molecular weight is 200 g/mol. The summed E-state index contributed by atoms with van der Waals surface area (Å²) >= 11 is 4.94. The van der Waals surface area contributed by atoms with Crippen LogP contribution in [0.3, 0.4) is 0 Å². The standard InChI is InChI=1S/C8H12N2O2S/c1-3-12-5-10-4-6(2)7(11)9-8(10)13/h4H,3,5H2,1-2H3,(H,9,11,13). The van der Waals surface area contributed by atoms with E-state index >= 15 is 0 Å². The van der Waals surface area contributed by atoms with Crippen molar-refractivity contribution >= 4 is 12.2 Å². The molecule has 0 spiro atoms. The normalized spacial score (nSPS) is 10.3. The van der Waals surface area contributed by atoms with Gasteiger partial charge in [-0.2, -0.15) is 0 Å². The van der Waals surface area contributed by atoms with E-state index in [1.54, 1.807) is 17.7 Å². The predicted molar refractivity (Wildman–Crippen MR) is 52.2 cm³/mol. The molecule has 1 N–H and O–H groups in total. The van der Waals surface area contributed by atoms with Crippen molar-refractivity contribution in [1.82, 2.24) is 9.55 Å². The average Bonchev–Trinajstić information content (AvgIpc) is 2.09. The van der Waals surface area contributed by atoms with E-state index in [-0.39, 0.29) is 5.56 Å². The Balaban J connectivity index is 3.02. The molecule has 0 aliphatic carbocycles. The number of hydrogen-bond donors (Lipinski definition) is 1.